The maximum atomic E-state index is 13.0. The van der Waals surface area contributed by atoms with Crippen LogP contribution in [0.15, 0.2) is 16.6 Å². The van der Waals surface area contributed by atoms with Crippen LogP contribution in [0.5, 0.6) is 0 Å². The van der Waals surface area contributed by atoms with Crippen LogP contribution in [-0.2, 0) is 6.42 Å². The molecule has 0 heterocycles. The normalized spacial score (nSPS) is 11.9. The molecule has 0 saturated carbocycles. The first-order valence-electron chi connectivity index (χ1n) is 4.22. The van der Waals surface area contributed by atoms with E-state index in [9.17, 15) is 8.78 Å². The van der Waals surface area contributed by atoms with Crippen LogP contribution in [-0.4, -0.2) is 5.54 Å². The Morgan fingerprint density at radius 1 is 1.36 bits per heavy atom. The molecule has 14 heavy (non-hydrogen) atoms. The maximum Gasteiger partial charge on any atom is 0.172 e. The van der Waals surface area contributed by atoms with Gasteiger partial charge in [0.25, 0.3) is 0 Å². The summed E-state index contributed by atoms with van der Waals surface area (Å²) in [6.45, 7) is 3.67. The zero-order valence-corrected chi connectivity index (χ0v) is 9.66. The molecule has 0 amide bonds. The molecule has 1 rings (SSSR count). The van der Waals surface area contributed by atoms with E-state index in [1.165, 1.54) is 6.07 Å². The van der Waals surface area contributed by atoms with Gasteiger partial charge in [0, 0.05) is 5.54 Å². The van der Waals surface area contributed by atoms with Crippen LogP contribution in [0.2, 0.25) is 0 Å². The third-order valence-corrected chi connectivity index (χ3v) is 2.28. The Morgan fingerprint density at radius 2 is 1.93 bits per heavy atom. The average Bonchev–Trinajstić information content (AvgIpc) is 1.96. The lowest BCUT2D eigenvalue weighted by Gasteiger charge is -2.18. The van der Waals surface area contributed by atoms with Gasteiger partial charge in [-0.15, -0.1) is 0 Å². The fourth-order valence-electron chi connectivity index (χ4n) is 1.24. The van der Waals surface area contributed by atoms with E-state index < -0.39 is 17.2 Å². The molecule has 0 radical (unpaired) electrons. The predicted molar refractivity (Wildman–Crippen MR) is 56.0 cm³/mol. The van der Waals surface area contributed by atoms with Crippen molar-refractivity contribution in [3.63, 3.8) is 0 Å². The molecule has 78 valence electrons. The summed E-state index contributed by atoms with van der Waals surface area (Å²) in [6, 6.07) is 2.72. The van der Waals surface area contributed by atoms with Gasteiger partial charge < -0.3 is 5.73 Å². The molecule has 1 aromatic carbocycles. The molecule has 0 fully saturated rings. The number of hydrogen-bond acceptors (Lipinski definition) is 1. The second-order valence-corrected chi connectivity index (χ2v) is 4.89. The zero-order chi connectivity index (χ0) is 10.9. The third-order valence-electron chi connectivity index (χ3n) is 1.70. The molecule has 2 N–H and O–H groups in total. The minimum Gasteiger partial charge on any atom is -0.325 e. The van der Waals surface area contributed by atoms with Crippen LogP contribution in [0.1, 0.15) is 19.4 Å². The summed E-state index contributed by atoms with van der Waals surface area (Å²) in [5.41, 5.74) is 6.03. The smallest absolute Gasteiger partial charge is 0.172 e. The molecule has 0 aliphatic rings. The molecule has 0 saturated heterocycles. The molecule has 0 aliphatic carbocycles. The van der Waals surface area contributed by atoms with Crippen molar-refractivity contribution in [1.29, 1.82) is 0 Å². The summed E-state index contributed by atoms with van der Waals surface area (Å²) in [7, 11) is 0. The molecule has 1 aromatic rings. The Kier molecular flexibility index (Phi) is 3.27. The van der Waals surface area contributed by atoms with E-state index >= 15 is 0 Å². The topological polar surface area (TPSA) is 26.0 Å². The Labute approximate surface area is 90.4 Å². The summed E-state index contributed by atoms with van der Waals surface area (Å²) in [5.74, 6) is -1.71. The highest BCUT2D eigenvalue weighted by atomic mass is 79.9. The van der Waals surface area contributed by atoms with Crippen LogP contribution < -0.4 is 5.73 Å². The van der Waals surface area contributed by atoms with Gasteiger partial charge in [0.15, 0.2) is 11.6 Å². The summed E-state index contributed by atoms with van der Waals surface area (Å²) in [6.07, 6.45) is 0.503. The Morgan fingerprint density at radius 3 is 2.36 bits per heavy atom. The van der Waals surface area contributed by atoms with Crippen molar-refractivity contribution in [2.24, 2.45) is 5.73 Å². The van der Waals surface area contributed by atoms with Crippen molar-refractivity contribution in [3.05, 3.63) is 33.8 Å². The first-order valence-corrected chi connectivity index (χ1v) is 5.01. The first kappa shape index (κ1) is 11.6. The molecular formula is C10H12BrF2N. The molecular weight excluding hydrogens is 252 g/mol. The number of benzene rings is 1. The standard InChI is InChI=1S/C10H12BrF2N/c1-10(2,14)5-6-3-7(11)9(13)8(12)4-6/h3-4H,5,14H2,1-2H3. The van der Waals surface area contributed by atoms with Crippen molar-refractivity contribution >= 4 is 15.9 Å². The molecule has 0 aliphatic heterocycles. The van der Waals surface area contributed by atoms with Gasteiger partial charge in [-0.05, 0) is 53.9 Å². The van der Waals surface area contributed by atoms with Gasteiger partial charge in [0.2, 0.25) is 0 Å². The Bertz CT molecular complexity index is 321. The van der Waals surface area contributed by atoms with E-state index in [1.54, 1.807) is 6.07 Å². The SMILES string of the molecule is CC(C)(N)Cc1cc(F)c(F)c(Br)c1. The van der Waals surface area contributed by atoms with E-state index in [-0.39, 0.29) is 4.47 Å². The van der Waals surface area contributed by atoms with Crippen molar-refractivity contribution in [2.75, 3.05) is 0 Å². The zero-order valence-electron chi connectivity index (χ0n) is 8.07. The lowest BCUT2D eigenvalue weighted by Crippen LogP contribution is -2.34. The number of nitrogens with two attached hydrogens (primary N) is 1. The fourth-order valence-corrected chi connectivity index (χ4v) is 1.72. The summed E-state index contributed by atoms with van der Waals surface area (Å²) >= 11 is 2.95. The van der Waals surface area contributed by atoms with Crippen LogP contribution in [0.3, 0.4) is 0 Å². The quantitative estimate of drug-likeness (QED) is 0.816. The lowest BCUT2D eigenvalue weighted by atomic mass is 9.96. The highest BCUT2D eigenvalue weighted by Gasteiger charge is 2.15. The minimum absolute atomic E-state index is 0.136. The van der Waals surface area contributed by atoms with Gasteiger partial charge in [-0.2, -0.15) is 0 Å². The van der Waals surface area contributed by atoms with E-state index in [0.29, 0.717) is 12.0 Å². The van der Waals surface area contributed by atoms with E-state index in [2.05, 4.69) is 15.9 Å². The molecule has 0 unspecified atom stereocenters. The third kappa shape index (κ3) is 3.03. The van der Waals surface area contributed by atoms with Crippen molar-refractivity contribution in [2.45, 2.75) is 25.8 Å². The van der Waals surface area contributed by atoms with Gasteiger partial charge >= 0.3 is 0 Å². The highest BCUT2D eigenvalue weighted by Crippen LogP contribution is 2.22. The van der Waals surface area contributed by atoms with Crippen LogP contribution in [0.4, 0.5) is 8.78 Å². The van der Waals surface area contributed by atoms with Gasteiger partial charge in [0.1, 0.15) is 0 Å². The van der Waals surface area contributed by atoms with E-state index in [0.717, 1.165) is 0 Å². The minimum atomic E-state index is -0.858. The van der Waals surface area contributed by atoms with Crippen molar-refractivity contribution in [3.8, 4) is 0 Å². The highest BCUT2D eigenvalue weighted by molar-refractivity contribution is 9.10. The average molecular weight is 264 g/mol. The molecule has 0 atom stereocenters. The molecule has 4 heteroatoms. The first-order chi connectivity index (χ1) is 6.29. The number of rotatable bonds is 2. The lowest BCUT2D eigenvalue weighted by molar-refractivity contribution is 0.490. The Balaban J connectivity index is 3.02. The van der Waals surface area contributed by atoms with Gasteiger partial charge in [-0.1, -0.05) is 0 Å². The molecule has 0 bridgehead atoms. The molecule has 0 spiro atoms. The predicted octanol–water partition coefficient (Wildman–Crippen LogP) is 3.01. The van der Waals surface area contributed by atoms with Crippen LogP contribution in [0, 0.1) is 11.6 Å². The van der Waals surface area contributed by atoms with Crippen molar-refractivity contribution in [1.82, 2.24) is 0 Å². The Hall–Kier alpha value is -0.480. The summed E-state index contributed by atoms with van der Waals surface area (Å²) in [5, 5.41) is 0. The van der Waals surface area contributed by atoms with Crippen LogP contribution in [0.25, 0.3) is 0 Å². The molecule has 1 nitrogen and oxygen atoms in total. The second-order valence-electron chi connectivity index (χ2n) is 4.04. The summed E-state index contributed by atoms with van der Waals surface area (Å²) in [4.78, 5) is 0. The molecule has 0 aromatic heterocycles. The summed E-state index contributed by atoms with van der Waals surface area (Å²) < 4.78 is 26.0. The van der Waals surface area contributed by atoms with E-state index in [1.807, 2.05) is 13.8 Å². The number of halogens is 3. The van der Waals surface area contributed by atoms with Gasteiger partial charge in [0.05, 0.1) is 4.47 Å². The largest absolute Gasteiger partial charge is 0.325 e. The fraction of sp³-hybridized carbons (Fsp3) is 0.400. The van der Waals surface area contributed by atoms with Gasteiger partial charge in [-0.3, -0.25) is 0 Å². The van der Waals surface area contributed by atoms with Gasteiger partial charge in [-0.25, -0.2) is 8.78 Å². The second kappa shape index (κ2) is 3.95. The van der Waals surface area contributed by atoms with E-state index in [4.69, 9.17) is 5.73 Å². The maximum absolute atomic E-state index is 13.0. The number of hydrogen-bond donors (Lipinski definition) is 1. The monoisotopic (exact) mass is 263 g/mol. The van der Waals surface area contributed by atoms with Crippen molar-refractivity contribution < 1.29 is 8.78 Å². The van der Waals surface area contributed by atoms with Crippen LogP contribution >= 0.6 is 15.9 Å².